The van der Waals surface area contributed by atoms with Crippen molar-refractivity contribution < 1.29 is 13.9 Å². The lowest BCUT2D eigenvalue weighted by atomic mass is 10.2. The van der Waals surface area contributed by atoms with Crippen molar-refractivity contribution >= 4 is 79.1 Å². The molecule has 4 nitrogen and oxygen atoms in total. The fourth-order valence-corrected chi connectivity index (χ4v) is 2.85. The summed E-state index contributed by atoms with van der Waals surface area (Å²) in [6, 6.07) is 9.24. The number of rotatable bonds is 2. The fraction of sp³-hybridized carbons (Fsp3) is 0. The van der Waals surface area contributed by atoms with Crippen LogP contribution in [0, 0.1) is 7.34 Å². The van der Waals surface area contributed by atoms with Crippen LogP contribution in [0.1, 0.15) is 11.3 Å². The number of aliphatic imine (C=N–C) groups is 1. The third kappa shape index (κ3) is 3.39. The first-order valence-corrected chi connectivity index (χ1v) is 8.71. The van der Waals surface area contributed by atoms with Crippen molar-refractivity contribution in [2.45, 2.75) is 0 Å². The van der Waals surface area contributed by atoms with Crippen LogP contribution in [0.25, 0.3) is 6.08 Å². The Bertz CT molecular complexity index is 795. The molecule has 1 aliphatic heterocycles. The number of benzene rings is 1. The van der Waals surface area contributed by atoms with Gasteiger partial charge in [-0.25, -0.2) is 9.79 Å². The van der Waals surface area contributed by atoms with Crippen LogP contribution in [0.15, 0.2) is 49.9 Å². The molecule has 0 spiro atoms. The first kappa shape index (κ1) is 15.2. The number of nitrogens with zero attached hydrogens (tertiary/aromatic N) is 1. The minimum atomic E-state index is -0.480. The normalized spacial score (nSPS) is 16.2. The summed E-state index contributed by atoms with van der Waals surface area (Å²) in [4.78, 5) is 16.1. The third-order valence-electron chi connectivity index (χ3n) is 2.66. The van der Waals surface area contributed by atoms with Gasteiger partial charge >= 0.3 is 5.97 Å². The summed E-state index contributed by atoms with van der Waals surface area (Å²) in [6.07, 6.45) is 1.57. The Labute approximate surface area is 156 Å². The Hall–Kier alpha value is -0.680. The van der Waals surface area contributed by atoms with Gasteiger partial charge in [-0.05, 0) is 91.4 Å². The van der Waals surface area contributed by atoms with Gasteiger partial charge in [0.1, 0.15) is 5.76 Å². The third-order valence-corrected chi connectivity index (χ3v) is 5.58. The monoisotopic (exact) mass is 569 g/mol. The fourth-order valence-electron chi connectivity index (χ4n) is 1.70. The second kappa shape index (κ2) is 6.21. The molecule has 0 atom stereocenters. The van der Waals surface area contributed by atoms with E-state index >= 15 is 0 Å². The number of furan rings is 1. The molecule has 0 saturated carbocycles. The van der Waals surface area contributed by atoms with Gasteiger partial charge in [-0.1, -0.05) is 0 Å². The van der Waals surface area contributed by atoms with Gasteiger partial charge in [0.15, 0.2) is 9.46 Å². The van der Waals surface area contributed by atoms with Gasteiger partial charge in [-0.3, -0.25) is 0 Å². The SMILES string of the molecule is O=C1OC(c2ccc(I)c(Br)c2)=N/C1=C\c1ccc(I)o1. The highest BCUT2D eigenvalue weighted by Crippen LogP contribution is 2.24. The molecule has 2 heterocycles. The van der Waals surface area contributed by atoms with Crippen molar-refractivity contribution in [3.8, 4) is 0 Å². The molecule has 0 N–H and O–H groups in total. The largest absolute Gasteiger partial charge is 0.451 e. The average molecular weight is 570 g/mol. The molecule has 0 aliphatic carbocycles. The van der Waals surface area contributed by atoms with E-state index in [-0.39, 0.29) is 5.70 Å². The molecule has 3 rings (SSSR count). The zero-order valence-electron chi connectivity index (χ0n) is 10.3. The number of carbonyl (C=O) groups is 1. The van der Waals surface area contributed by atoms with Crippen LogP contribution in [0.4, 0.5) is 0 Å². The predicted octanol–water partition coefficient (Wildman–Crippen LogP) is 4.60. The van der Waals surface area contributed by atoms with E-state index in [9.17, 15) is 4.79 Å². The zero-order valence-corrected chi connectivity index (χ0v) is 16.2. The van der Waals surface area contributed by atoms with Crippen molar-refractivity contribution in [2.75, 3.05) is 0 Å². The van der Waals surface area contributed by atoms with E-state index in [1.807, 2.05) is 24.3 Å². The standard InChI is InChI=1S/C14H6BrI2NO3/c15-9-5-7(1-3-10(9)16)13-18-11(14(19)21-13)6-8-2-4-12(17)20-8/h1-6H/b11-6-. The highest BCUT2D eigenvalue weighted by Gasteiger charge is 2.24. The van der Waals surface area contributed by atoms with Crippen LogP contribution in [0.2, 0.25) is 0 Å². The van der Waals surface area contributed by atoms with Crippen molar-refractivity contribution in [1.82, 2.24) is 0 Å². The van der Waals surface area contributed by atoms with E-state index in [0.29, 0.717) is 11.7 Å². The molecular formula is C14H6BrI2NO3. The Morgan fingerprint density at radius 3 is 2.67 bits per heavy atom. The number of esters is 1. The van der Waals surface area contributed by atoms with Crippen LogP contribution < -0.4 is 0 Å². The van der Waals surface area contributed by atoms with E-state index in [0.717, 1.165) is 17.4 Å². The van der Waals surface area contributed by atoms with E-state index in [2.05, 4.69) is 66.1 Å². The molecule has 0 amide bonds. The highest BCUT2D eigenvalue weighted by molar-refractivity contribution is 14.1. The van der Waals surface area contributed by atoms with Crippen LogP contribution >= 0.6 is 61.1 Å². The maximum Gasteiger partial charge on any atom is 0.363 e. The number of hydrogen-bond donors (Lipinski definition) is 0. The number of cyclic esters (lactones) is 1. The molecule has 0 saturated heterocycles. The lowest BCUT2D eigenvalue weighted by molar-refractivity contribution is -0.129. The van der Waals surface area contributed by atoms with E-state index in [1.54, 1.807) is 12.1 Å². The van der Waals surface area contributed by atoms with Gasteiger partial charge in [0.25, 0.3) is 0 Å². The predicted molar refractivity (Wildman–Crippen MR) is 98.9 cm³/mol. The highest BCUT2D eigenvalue weighted by atomic mass is 127. The van der Waals surface area contributed by atoms with Crippen LogP contribution in [-0.2, 0) is 9.53 Å². The Balaban J connectivity index is 1.95. The maximum atomic E-state index is 11.9. The molecule has 0 radical (unpaired) electrons. The minimum absolute atomic E-state index is 0.227. The quantitative estimate of drug-likeness (QED) is 0.302. The molecule has 7 heteroatoms. The van der Waals surface area contributed by atoms with Gasteiger partial charge in [0, 0.05) is 19.7 Å². The summed E-state index contributed by atoms with van der Waals surface area (Å²) in [5.41, 5.74) is 0.971. The van der Waals surface area contributed by atoms with Crippen molar-refractivity contribution in [3.05, 3.63) is 59.2 Å². The Morgan fingerprint density at radius 2 is 2.00 bits per heavy atom. The summed E-state index contributed by atoms with van der Waals surface area (Å²) in [5.74, 6) is 0.385. The van der Waals surface area contributed by atoms with Gasteiger partial charge in [0.2, 0.25) is 5.90 Å². The van der Waals surface area contributed by atoms with Crippen molar-refractivity contribution in [3.63, 3.8) is 0 Å². The van der Waals surface area contributed by atoms with Crippen molar-refractivity contribution in [2.24, 2.45) is 4.99 Å². The molecule has 0 unspecified atom stereocenters. The topological polar surface area (TPSA) is 51.8 Å². The molecule has 1 aromatic carbocycles. The first-order valence-electron chi connectivity index (χ1n) is 5.76. The van der Waals surface area contributed by atoms with Gasteiger partial charge in [0.05, 0.1) is 0 Å². The number of carbonyl (C=O) groups excluding carboxylic acids is 1. The van der Waals surface area contributed by atoms with Gasteiger partial charge in [-0.15, -0.1) is 0 Å². The minimum Gasteiger partial charge on any atom is -0.451 e. The van der Waals surface area contributed by atoms with Crippen LogP contribution in [-0.4, -0.2) is 11.9 Å². The van der Waals surface area contributed by atoms with E-state index in [1.165, 1.54) is 0 Å². The second-order valence-electron chi connectivity index (χ2n) is 4.11. The summed E-state index contributed by atoms with van der Waals surface area (Å²) < 4.78 is 13.4. The lowest BCUT2D eigenvalue weighted by Crippen LogP contribution is -2.05. The van der Waals surface area contributed by atoms with Crippen LogP contribution in [0.3, 0.4) is 0 Å². The van der Waals surface area contributed by atoms with E-state index < -0.39 is 5.97 Å². The first-order chi connectivity index (χ1) is 10.0. The van der Waals surface area contributed by atoms with Crippen LogP contribution in [0.5, 0.6) is 0 Å². The summed E-state index contributed by atoms with van der Waals surface area (Å²) >= 11 is 7.72. The molecular weight excluding hydrogens is 564 g/mol. The van der Waals surface area contributed by atoms with Gasteiger partial charge < -0.3 is 9.15 Å². The zero-order chi connectivity index (χ0) is 15.0. The number of hydrogen-bond acceptors (Lipinski definition) is 4. The molecule has 21 heavy (non-hydrogen) atoms. The number of ether oxygens (including phenoxy) is 1. The number of halogens is 3. The summed E-state index contributed by atoms with van der Waals surface area (Å²) in [6.45, 7) is 0. The van der Waals surface area contributed by atoms with E-state index in [4.69, 9.17) is 9.15 Å². The van der Waals surface area contributed by atoms with Gasteiger partial charge in [-0.2, -0.15) is 0 Å². The summed E-state index contributed by atoms with van der Waals surface area (Å²) in [5, 5.41) is 0. The average Bonchev–Trinajstić information content (AvgIpc) is 3.00. The molecule has 1 aliphatic rings. The molecule has 1 aromatic heterocycles. The van der Waals surface area contributed by atoms with Crippen molar-refractivity contribution in [1.29, 1.82) is 0 Å². The molecule has 106 valence electrons. The Morgan fingerprint density at radius 1 is 1.19 bits per heavy atom. The Kier molecular flexibility index (Phi) is 4.50. The molecule has 0 fully saturated rings. The lowest BCUT2D eigenvalue weighted by Gasteiger charge is -2.01. The second-order valence-corrected chi connectivity index (χ2v) is 7.19. The summed E-state index contributed by atoms with van der Waals surface area (Å²) in [7, 11) is 0. The molecule has 0 bridgehead atoms. The smallest absolute Gasteiger partial charge is 0.363 e. The maximum absolute atomic E-state index is 11.9. The molecule has 2 aromatic rings.